The van der Waals surface area contributed by atoms with Crippen LogP contribution in [0.1, 0.15) is 19.4 Å². The zero-order valence-corrected chi connectivity index (χ0v) is 13.1. The second-order valence-corrected chi connectivity index (χ2v) is 5.52. The van der Waals surface area contributed by atoms with Gasteiger partial charge < -0.3 is 16.4 Å². The van der Waals surface area contributed by atoms with E-state index in [1.807, 2.05) is 20.8 Å². The molecule has 1 rings (SSSR count). The lowest BCUT2D eigenvalue weighted by atomic mass is 10.2. The number of nitrogens with two attached hydrogens (primary N) is 1. The lowest BCUT2D eigenvalue weighted by Gasteiger charge is -2.17. The number of hydrogen-bond donors (Lipinski definition) is 3. The predicted molar refractivity (Wildman–Crippen MR) is 85.0 cm³/mol. The van der Waals surface area contributed by atoms with Crippen molar-refractivity contribution in [2.75, 3.05) is 31.2 Å². The maximum atomic E-state index is 11.9. The number of likely N-dealkylation sites (N-methyl/N-ethyl adjacent to an activating group) is 1. The van der Waals surface area contributed by atoms with Crippen molar-refractivity contribution in [3.8, 4) is 0 Å². The van der Waals surface area contributed by atoms with E-state index in [-0.39, 0.29) is 30.9 Å². The van der Waals surface area contributed by atoms with Crippen LogP contribution in [0.15, 0.2) is 18.2 Å². The van der Waals surface area contributed by atoms with Gasteiger partial charge in [-0.05, 0) is 51.6 Å². The minimum absolute atomic E-state index is 0.0936. The number of nitrogen functional groups attached to an aromatic ring is 1. The van der Waals surface area contributed by atoms with Crippen LogP contribution in [-0.2, 0) is 9.59 Å². The molecule has 0 saturated heterocycles. The largest absolute Gasteiger partial charge is 0.399 e. The summed E-state index contributed by atoms with van der Waals surface area (Å²) in [5.41, 5.74) is 7.97. The number of rotatable bonds is 6. The number of carbonyl (C=O) groups excluding carboxylic acids is 2. The van der Waals surface area contributed by atoms with Crippen LogP contribution in [0.25, 0.3) is 0 Å². The molecule has 0 fully saturated rings. The molecule has 1 aromatic rings. The maximum Gasteiger partial charge on any atom is 0.238 e. The van der Waals surface area contributed by atoms with E-state index in [9.17, 15) is 9.59 Å². The third-order valence-corrected chi connectivity index (χ3v) is 2.80. The van der Waals surface area contributed by atoms with Gasteiger partial charge in [0.05, 0.1) is 13.1 Å². The molecule has 0 heterocycles. The van der Waals surface area contributed by atoms with Crippen molar-refractivity contribution in [2.45, 2.75) is 26.8 Å². The van der Waals surface area contributed by atoms with Crippen molar-refractivity contribution < 1.29 is 9.59 Å². The van der Waals surface area contributed by atoms with Gasteiger partial charge in [0, 0.05) is 17.4 Å². The minimum atomic E-state index is -0.164. The molecule has 0 radical (unpaired) electrons. The Morgan fingerprint density at radius 3 is 2.43 bits per heavy atom. The van der Waals surface area contributed by atoms with Crippen LogP contribution in [0.2, 0.25) is 0 Å². The third-order valence-electron chi connectivity index (χ3n) is 2.80. The topological polar surface area (TPSA) is 87.5 Å². The SMILES string of the molecule is Cc1cc(N)ccc1NC(=O)CN(C)CC(=O)NC(C)C. The van der Waals surface area contributed by atoms with Crippen LogP contribution < -0.4 is 16.4 Å². The van der Waals surface area contributed by atoms with Crippen LogP contribution in [0.5, 0.6) is 0 Å². The molecule has 6 heteroatoms. The average molecular weight is 292 g/mol. The second-order valence-electron chi connectivity index (χ2n) is 5.52. The van der Waals surface area contributed by atoms with E-state index >= 15 is 0 Å². The molecule has 116 valence electrons. The Bertz CT molecular complexity index is 514. The number of benzene rings is 1. The molecule has 4 N–H and O–H groups in total. The highest BCUT2D eigenvalue weighted by Crippen LogP contribution is 2.17. The molecule has 2 amide bonds. The summed E-state index contributed by atoms with van der Waals surface area (Å²) in [5, 5.41) is 5.60. The van der Waals surface area contributed by atoms with E-state index in [1.165, 1.54) is 0 Å². The van der Waals surface area contributed by atoms with Crippen LogP contribution in [0.3, 0.4) is 0 Å². The average Bonchev–Trinajstić information content (AvgIpc) is 2.31. The Morgan fingerprint density at radius 1 is 1.24 bits per heavy atom. The Hall–Kier alpha value is -2.08. The van der Waals surface area contributed by atoms with Crippen molar-refractivity contribution in [3.05, 3.63) is 23.8 Å². The second kappa shape index (κ2) is 7.64. The molecule has 0 aliphatic rings. The number of amides is 2. The summed E-state index contributed by atoms with van der Waals surface area (Å²) in [6.07, 6.45) is 0. The summed E-state index contributed by atoms with van der Waals surface area (Å²) in [5.74, 6) is -0.258. The first-order chi connectivity index (χ1) is 9.77. The first-order valence-corrected chi connectivity index (χ1v) is 6.92. The van der Waals surface area contributed by atoms with E-state index in [0.29, 0.717) is 5.69 Å². The van der Waals surface area contributed by atoms with Gasteiger partial charge in [-0.15, -0.1) is 0 Å². The van der Waals surface area contributed by atoms with E-state index in [1.54, 1.807) is 30.1 Å². The molecule has 0 bridgehead atoms. The molecule has 0 atom stereocenters. The summed E-state index contributed by atoms with van der Waals surface area (Å²) in [7, 11) is 1.73. The van der Waals surface area contributed by atoms with Crippen molar-refractivity contribution in [2.24, 2.45) is 0 Å². The fourth-order valence-corrected chi connectivity index (χ4v) is 1.93. The van der Waals surface area contributed by atoms with Gasteiger partial charge in [0.2, 0.25) is 11.8 Å². The van der Waals surface area contributed by atoms with Gasteiger partial charge in [-0.25, -0.2) is 0 Å². The number of nitrogens with one attached hydrogen (secondary N) is 2. The predicted octanol–water partition coefficient (Wildman–Crippen LogP) is 0.972. The quantitative estimate of drug-likeness (QED) is 0.682. The molecule has 0 saturated carbocycles. The molecule has 0 aromatic heterocycles. The summed E-state index contributed by atoms with van der Waals surface area (Å²) < 4.78 is 0. The number of nitrogens with zero attached hydrogens (tertiary/aromatic N) is 1. The molecule has 0 spiro atoms. The van der Waals surface area contributed by atoms with Crippen LogP contribution >= 0.6 is 0 Å². The van der Waals surface area contributed by atoms with Gasteiger partial charge in [0.1, 0.15) is 0 Å². The van der Waals surface area contributed by atoms with E-state index < -0.39 is 0 Å². The van der Waals surface area contributed by atoms with Gasteiger partial charge in [-0.3, -0.25) is 14.5 Å². The lowest BCUT2D eigenvalue weighted by Crippen LogP contribution is -2.41. The molecule has 0 aliphatic heterocycles. The smallest absolute Gasteiger partial charge is 0.238 e. The summed E-state index contributed by atoms with van der Waals surface area (Å²) in [6.45, 7) is 6.01. The number of carbonyl (C=O) groups is 2. The number of hydrogen-bond acceptors (Lipinski definition) is 4. The van der Waals surface area contributed by atoms with E-state index in [2.05, 4.69) is 10.6 Å². The highest BCUT2D eigenvalue weighted by Gasteiger charge is 2.12. The molecular formula is C15H24N4O2. The number of aryl methyl sites for hydroxylation is 1. The Labute approximate surface area is 125 Å². The first-order valence-electron chi connectivity index (χ1n) is 6.92. The van der Waals surface area contributed by atoms with Gasteiger partial charge in [0.15, 0.2) is 0 Å². The fourth-order valence-electron chi connectivity index (χ4n) is 1.93. The molecule has 21 heavy (non-hydrogen) atoms. The zero-order valence-electron chi connectivity index (χ0n) is 13.1. The molecule has 0 unspecified atom stereocenters. The van der Waals surface area contributed by atoms with Gasteiger partial charge in [-0.1, -0.05) is 0 Å². The Balaban J connectivity index is 2.47. The van der Waals surface area contributed by atoms with Gasteiger partial charge >= 0.3 is 0 Å². The molecule has 6 nitrogen and oxygen atoms in total. The van der Waals surface area contributed by atoms with Crippen molar-refractivity contribution in [3.63, 3.8) is 0 Å². The van der Waals surface area contributed by atoms with Crippen LogP contribution in [-0.4, -0.2) is 42.9 Å². The molecule has 0 aliphatic carbocycles. The van der Waals surface area contributed by atoms with Gasteiger partial charge in [0.25, 0.3) is 0 Å². The van der Waals surface area contributed by atoms with Crippen molar-refractivity contribution >= 4 is 23.2 Å². The van der Waals surface area contributed by atoms with Gasteiger partial charge in [-0.2, -0.15) is 0 Å². The summed E-state index contributed by atoms with van der Waals surface area (Å²) >= 11 is 0. The van der Waals surface area contributed by atoms with Crippen molar-refractivity contribution in [1.82, 2.24) is 10.2 Å². The van der Waals surface area contributed by atoms with E-state index in [0.717, 1.165) is 11.3 Å². The third kappa shape index (κ3) is 6.27. The van der Waals surface area contributed by atoms with E-state index in [4.69, 9.17) is 5.73 Å². The highest BCUT2D eigenvalue weighted by molar-refractivity contribution is 5.93. The minimum Gasteiger partial charge on any atom is -0.399 e. The highest BCUT2D eigenvalue weighted by atomic mass is 16.2. The number of anilines is 2. The zero-order chi connectivity index (χ0) is 16.0. The molecular weight excluding hydrogens is 268 g/mol. The lowest BCUT2D eigenvalue weighted by molar-refractivity contribution is -0.123. The Morgan fingerprint density at radius 2 is 1.86 bits per heavy atom. The molecule has 1 aromatic carbocycles. The van der Waals surface area contributed by atoms with Crippen LogP contribution in [0, 0.1) is 6.92 Å². The Kier molecular flexibility index (Phi) is 6.17. The summed E-state index contributed by atoms with van der Waals surface area (Å²) in [4.78, 5) is 25.2. The van der Waals surface area contributed by atoms with Crippen molar-refractivity contribution in [1.29, 1.82) is 0 Å². The fraction of sp³-hybridized carbons (Fsp3) is 0.467. The summed E-state index contributed by atoms with van der Waals surface area (Å²) in [6, 6.07) is 5.41. The first kappa shape index (κ1) is 17.0. The maximum absolute atomic E-state index is 11.9. The standard InChI is InChI=1S/C15H24N4O2/c1-10(2)17-14(20)8-19(4)9-15(21)18-13-6-5-12(16)7-11(13)3/h5-7,10H,8-9,16H2,1-4H3,(H,17,20)(H,18,21). The monoisotopic (exact) mass is 292 g/mol. The van der Waals surface area contributed by atoms with Crippen LogP contribution in [0.4, 0.5) is 11.4 Å². The normalized spacial score (nSPS) is 10.8.